The molecular formula is C17H21BrF2. The zero-order valence-electron chi connectivity index (χ0n) is 11.8. The van der Waals surface area contributed by atoms with E-state index in [9.17, 15) is 8.78 Å². The van der Waals surface area contributed by atoms with Crippen molar-refractivity contribution in [3.8, 4) is 0 Å². The van der Waals surface area contributed by atoms with Crippen molar-refractivity contribution in [1.29, 1.82) is 0 Å². The Bertz CT molecular complexity index is 456. The SMILES string of the molecule is CCC[C@H]1CC[C@H](/C(F)=C(\F)c2ccc(Br)cc2)CC1. The van der Waals surface area contributed by atoms with Crippen molar-refractivity contribution in [3.05, 3.63) is 40.1 Å². The van der Waals surface area contributed by atoms with Gasteiger partial charge in [-0.2, -0.15) is 0 Å². The van der Waals surface area contributed by atoms with Crippen LogP contribution in [0.15, 0.2) is 34.6 Å². The number of hydrogen-bond donors (Lipinski definition) is 0. The van der Waals surface area contributed by atoms with Gasteiger partial charge in [-0.25, -0.2) is 8.78 Å². The highest BCUT2D eigenvalue weighted by atomic mass is 79.9. The summed E-state index contributed by atoms with van der Waals surface area (Å²) in [6, 6.07) is 6.70. The maximum Gasteiger partial charge on any atom is 0.162 e. The fourth-order valence-corrected chi connectivity index (χ4v) is 3.29. The Morgan fingerprint density at radius 2 is 1.70 bits per heavy atom. The number of hydrogen-bond acceptors (Lipinski definition) is 0. The van der Waals surface area contributed by atoms with E-state index in [2.05, 4.69) is 22.9 Å². The first kappa shape index (κ1) is 15.7. The van der Waals surface area contributed by atoms with E-state index in [1.807, 2.05) is 0 Å². The molecule has 0 N–H and O–H groups in total. The normalized spacial score (nSPS) is 24.4. The van der Waals surface area contributed by atoms with Crippen LogP contribution in [-0.4, -0.2) is 0 Å². The third kappa shape index (κ3) is 3.91. The molecule has 0 saturated heterocycles. The van der Waals surface area contributed by atoms with Gasteiger partial charge in [0.25, 0.3) is 0 Å². The third-order valence-electron chi connectivity index (χ3n) is 4.21. The Kier molecular flexibility index (Phi) is 5.76. The monoisotopic (exact) mass is 342 g/mol. The van der Waals surface area contributed by atoms with Gasteiger partial charge < -0.3 is 0 Å². The highest BCUT2D eigenvalue weighted by Gasteiger charge is 2.26. The molecule has 1 aliphatic rings. The van der Waals surface area contributed by atoms with Crippen molar-refractivity contribution >= 4 is 21.8 Å². The van der Waals surface area contributed by atoms with Crippen LogP contribution in [0.25, 0.3) is 5.83 Å². The second-order valence-corrected chi connectivity index (χ2v) is 6.59. The van der Waals surface area contributed by atoms with Gasteiger partial charge in [0.2, 0.25) is 0 Å². The predicted molar refractivity (Wildman–Crippen MR) is 83.6 cm³/mol. The standard InChI is InChI=1S/C17H21BrF2/c1-2-3-12-4-6-13(7-5-12)16(19)17(20)14-8-10-15(18)11-9-14/h8-13H,2-7H2,1H3/b17-16+/t12-,13-. The molecule has 1 aromatic carbocycles. The van der Waals surface area contributed by atoms with E-state index in [1.54, 1.807) is 24.3 Å². The smallest absolute Gasteiger partial charge is 0.162 e. The molecule has 1 fully saturated rings. The molecule has 2 rings (SSSR count). The Morgan fingerprint density at radius 1 is 1.10 bits per heavy atom. The minimum atomic E-state index is -0.684. The summed E-state index contributed by atoms with van der Waals surface area (Å²) in [7, 11) is 0. The summed E-state index contributed by atoms with van der Waals surface area (Å²) in [6.45, 7) is 2.18. The Morgan fingerprint density at radius 3 is 2.25 bits per heavy atom. The van der Waals surface area contributed by atoms with Gasteiger partial charge >= 0.3 is 0 Å². The molecule has 0 atom stereocenters. The largest absolute Gasteiger partial charge is 0.208 e. The van der Waals surface area contributed by atoms with E-state index in [0.717, 1.165) is 30.2 Å². The first-order valence-corrected chi connectivity index (χ1v) is 8.22. The second kappa shape index (κ2) is 7.35. The quantitative estimate of drug-likeness (QED) is 0.573. The van der Waals surface area contributed by atoms with Gasteiger partial charge in [-0.3, -0.25) is 0 Å². The highest BCUT2D eigenvalue weighted by molar-refractivity contribution is 9.10. The van der Waals surface area contributed by atoms with Crippen LogP contribution in [0.1, 0.15) is 51.0 Å². The van der Waals surface area contributed by atoms with Crippen LogP contribution >= 0.6 is 15.9 Å². The lowest BCUT2D eigenvalue weighted by atomic mass is 9.79. The van der Waals surface area contributed by atoms with Gasteiger partial charge in [-0.1, -0.05) is 47.8 Å². The molecule has 0 spiro atoms. The molecule has 0 radical (unpaired) electrons. The van der Waals surface area contributed by atoms with Gasteiger partial charge in [-0.05, 0) is 43.7 Å². The van der Waals surface area contributed by atoms with Crippen LogP contribution in [0, 0.1) is 11.8 Å². The number of rotatable bonds is 4. The Hall–Kier alpha value is -0.700. The van der Waals surface area contributed by atoms with Crippen molar-refractivity contribution in [2.45, 2.75) is 45.4 Å². The average molecular weight is 343 g/mol. The fourth-order valence-electron chi connectivity index (χ4n) is 3.03. The summed E-state index contributed by atoms with van der Waals surface area (Å²) < 4.78 is 29.3. The molecule has 0 amide bonds. The molecular weight excluding hydrogens is 322 g/mol. The summed E-state index contributed by atoms with van der Waals surface area (Å²) in [5.41, 5.74) is 0.335. The van der Waals surface area contributed by atoms with Crippen molar-refractivity contribution in [2.24, 2.45) is 11.8 Å². The van der Waals surface area contributed by atoms with Gasteiger partial charge in [0.15, 0.2) is 5.83 Å². The minimum absolute atomic E-state index is 0.230. The minimum Gasteiger partial charge on any atom is -0.208 e. The van der Waals surface area contributed by atoms with Crippen LogP contribution in [0.2, 0.25) is 0 Å². The number of allylic oxidation sites excluding steroid dienone is 1. The zero-order chi connectivity index (χ0) is 14.5. The van der Waals surface area contributed by atoms with E-state index in [-0.39, 0.29) is 5.92 Å². The van der Waals surface area contributed by atoms with Crippen LogP contribution in [0.4, 0.5) is 8.78 Å². The zero-order valence-corrected chi connectivity index (χ0v) is 13.4. The summed E-state index contributed by atoms with van der Waals surface area (Å²) >= 11 is 3.30. The van der Waals surface area contributed by atoms with Crippen LogP contribution < -0.4 is 0 Å². The van der Waals surface area contributed by atoms with Crippen LogP contribution in [0.5, 0.6) is 0 Å². The molecule has 0 aliphatic heterocycles. The lowest BCUT2D eigenvalue weighted by molar-refractivity contribution is 0.261. The van der Waals surface area contributed by atoms with Crippen molar-refractivity contribution < 1.29 is 8.78 Å². The number of benzene rings is 1. The molecule has 1 aromatic rings. The first-order chi connectivity index (χ1) is 9.61. The van der Waals surface area contributed by atoms with Crippen LogP contribution in [-0.2, 0) is 0 Å². The first-order valence-electron chi connectivity index (χ1n) is 7.43. The van der Waals surface area contributed by atoms with E-state index in [0.29, 0.717) is 11.5 Å². The molecule has 0 nitrogen and oxygen atoms in total. The maximum atomic E-state index is 14.3. The summed E-state index contributed by atoms with van der Waals surface area (Å²) in [6.07, 6.45) is 6.01. The molecule has 0 heterocycles. The van der Waals surface area contributed by atoms with E-state index >= 15 is 0 Å². The Balaban J connectivity index is 2.04. The second-order valence-electron chi connectivity index (χ2n) is 5.68. The summed E-state index contributed by atoms with van der Waals surface area (Å²) in [5.74, 6) is -0.759. The lowest BCUT2D eigenvalue weighted by Gasteiger charge is -2.27. The predicted octanol–water partition coefficient (Wildman–Crippen LogP) is 6.66. The van der Waals surface area contributed by atoms with Gasteiger partial charge in [-0.15, -0.1) is 0 Å². The highest BCUT2D eigenvalue weighted by Crippen LogP contribution is 2.39. The number of halogens is 3. The van der Waals surface area contributed by atoms with Crippen molar-refractivity contribution in [1.82, 2.24) is 0 Å². The van der Waals surface area contributed by atoms with E-state index in [4.69, 9.17) is 0 Å². The van der Waals surface area contributed by atoms with Gasteiger partial charge in [0.05, 0.1) is 0 Å². The molecule has 1 saturated carbocycles. The lowest BCUT2D eigenvalue weighted by Crippen LogP contribution is -2.15. The van der Waals surface area contributed by atoms with Gasteiger partial charge in [0, 0.05) is 16.0 Å². The molecule has 0 aromatic heterocycles. The summed E-state index contributed by atoms with van der Waals surface area (Å²) in [5, 5.41) is 0. The molecule has 20 heavy (non-hydrogen) atoms. The summed E-state index contributed by atoms with van der Waals surface area (Å²) in [4.78, 5) is 0. The average Bonchev–Trinajstić information content (AvgIpc) is 2.48. The molecule has 3 heteroatoms. The van der Waals surface area contributed by atoms with E-state index < -0.39 is 11.7 Å². The van der Waals surface area contributed by atoms with Crippen LogP contribution in [0.3, 0.4) is 0 Å². The van der Waals surface area contributed by atoms with E-state index in [1.165, 1.54) is 12.8 Å². The third-order valence-corrected chi connectivity index (χ3v) is 4.74. The van der Waals surface area contributed by atoms with Crippen molar-refractivity contribution in [3.63, 3.8) is 0 Å². The fraction of sp³-hybridized carbons (Fsp3) is 0.529. The van der Waals surface area contributed by atoms with Crippen molar-refractivity contribution in [2.75, 3.05) is 0 Å². The Labute approximate surface area is 128 Å². The molecule has 0 bridgehead atoms. The maximum absolute atomic E-state index is 14.3. The molecule has 0 unspecified atom stereocenters. The molecule has 110 valence electrons. The van der Waals surface area contributed by atoms with Gasteiger partial charge in [0.1, 0.15) is 5.83 Å². The topological polar surface area (TPSA) is 0 Å². The molecule has 1 aliphatic carbocycles.